The van der Waals surface area contributed by atoms with E-state index in [9.17, 15) is 8.78 Å². The first kappa shape index (κ1) is 14.1. The Morgan fingerprint density at radius 3 is 2.31 bits per heavy atom. The van der Waals surface area contributed by atoms with E-state index < -0.39 is 20.7 Å². The van der Waals surface area contributed by atoms with Crippen LogP contribution in [0.4, 0.5) is 8.78 Å². The summed E-state index contributed by atoms with van der Waals surface area (Å²) < 4.78 is 32.5. The van der Waals surface area contributed by atoms with Crippen molar-refractivity contribution in [3.8, 4) is 0 Å². The summed E-state index contributed by atoms with van der Waals surface area (Å²) in [7, 11) is 0. The van der Waals surface area contributed by atoms with Crippen molar-refractivity contribution in [3.05, 3.63) is 31.9 Å². The average molecular weight is 356 g/mol. The largest absolute Gasteiger partial charge is 0.206 e. The van der Waals surface area contributed by atoms with E-state index in [0.29, 0.717) is 32.4 Å². The average Bonchev–Trinajstić information content (AvgIpc) is 2.27. The second kappa shape index (κ2) is 6.10. The van der Waals surface area contributed by atoms with Crippen LogP contribution in [-0.4, -0.2) is 10.8 Å². The summed E-state index contributed by atoms with van der Waals surface area (Å²) in [5, 5.41) is 0. The van der Waals surface area contributed by atoms with Crippen LogP contribution in [0.5, 0.6) is 0 Å². The molecule has 0 unspecified atom stereocenters. The molecule has 0 saturated heterocycles. The second-order valence-electron chi connectivity index (χ2n) is 3.44. The molecule has 0 atom stereocenters. The molecule has 0 aliphatic heterocycles. The summed E-state index contributed by atoms with van der Waals surface area (Å²) in [4.78, 5) is 0. The van der Waals surface area contributed by atoms with Crippen molar-refractivity contribution in [2.75, 3.05) is 6.26 Å². The van der Waals surface area contributed by atoms with Gasteiger partial charge in [0.15, 0.2) is 0 Å². The normalized spacial score (nSPS) is 10.8. The van der Waals surface area contributed by atoms with E-state index in [-0.39, 0.29) is 11.6 Å². The third kappa shape index (κ3) is 2.47. The zero-order chi connectivity index (χ0) is 12.3. The molecule has 0 bridgehead atoms. The van der Waals surface area contributed by atoms with Crippen molar-refractivity contribution >= 4 is 37.0 Å². The Bertz CT molecular complexity index is 416. The molecule has 90 valence electrons. The second-order valence-corrected chi connectivity index (χ2v) is 6.15. The van der Waals surface area contributed by atoms with Crippen LogP contribution in [0.25, 0.3) is 0 Å². The molecule has 0 radical (unpaired) electrons. The molecule has 0 aliphatic carbocycles. The number of halogens is 3. The maximum Gasteiger partial charge on any atom is 0.140 e. The predicted molar refractivity (Wildman–Crippen MR) is 77.5 cm³/mol. The fourth-order valence-corrected chi connectivity index (χ4v) is 4.08. The quantitative estimate of drug-likeness (QED) is 0.574. The highest BCUT2D eigenvalue weighted by Gasteiger charge is 2.19. The highest BCUT2D eigenvalue weighted by Crippen LogP contribution is 2.31. The van der Waals surface area contributed by atoms with Gasteiger partial charge in [0.2, 0.25) is 0 Å². The number of rotatable bonds is 4. The minimum absolute atomic E-state index is 0.215. The number of hydrogen-bond acceptors (Lipinski definition) is 1. The van der Waals surface area contributed by atoms with Crippen molar-refractivity contribution in [1.29, 1.82) is 0 Å². The van der Waals surface area contributed by atoms with Crippen LogP contribution in [0.15, 0.2) is 0 Å². The molecule has 16 heavy (non-hydrogen) atoms. The minimum Gasteiger partial charge on any atom is -0.206 e. The van der Waals surface area contributed by atoms with Gasteiger partial charge in [-0.1, -0.05) is 32.2 Å². The standard InChI is InChI=1S/C12H15F2IS/c1-5-8-7(2)10(13)9(6-16-4)12(15-3)11(8)14/h3,5-6H2,1-2,4H3. The lowest BCUT2D eigenvalue weighted by atomic mass is 10.0. The Morgan fingerprint density at radius 1 is 1.25 bits per heavy atom. The summed E-state index contributed by atoms with van der Waals surface area (Å²) in [6.45, 7) is 3.51. The van der Waals surface area contributed by atoms with E-state index in [1.165, 1.54) is 11.8 Å². The van der Waals surface area contributed by atoms with Gasteiger partial charge in [0, 0.05) is 11.3 Å². The fourth-order valence-electron chi connectivity index (χ4n) is 1.72. The summed E-state index contributed by atoms with van der Waals surface area (Å²) >= 11 is 0.835. The smallest absolute Gasteiger partial charge is 0.140 e. The third-order valence-electron chi connectivity index (χ3n) is 2.55. The van der Waals surface area contributed by atoms with E-state index in [2.05, 4.69) is 4.51 Å². The van der Waals surface area contributed by atoms with Crippen LogP contribution in [0.3, 0.4) is 0 Å². The molecule has 1 rings (SSSR count). The lowest BCUT2D eigenvalue weighted by Crippen LogP contribution is -2.06. The summed E-state index contributed by atoms with van der Waals surface area (Å²) in [5.41, 5.74) is 1.51. The van der Waals surface area contributed by atoms with Crippen LogP contribution in [0.2, 0.25) is 0 Å². The molecule has 0 fully saturated rings. The van der Waals surface area contributed by atoms with Gasteiger partial charge < -0.3 is 0 Å². The molecule has 0 nitrogen and oxygen atoms in total. The summed E-state index contributed by atoms with van der Waals surface area (Å²) in [6.07, 6.45) is 2.43. The highest BCUT2D eigenvalue weighted by molar-refractivity contribution is 14.2. The van der Waals surface area contributed by atoms with E-state index in [0.717, 1.165) is 0 Å². The maximum absolute atomic E-state index is 14.1. The maximum atomic E-state index is 14.1. The zero-order valence-corrected chi connectivity index (χ0v) is 12.6. The molecular weight excluding hydrogens is 341 g/mol. The van der Waals surface area contributed by atoms with Gasteiger partial charge in [0.05, 0.1) is 3.57 Å². The Hall–Kier alpha value is 0.0300. The summed E-state index contributed by atoms with van der Waals surface area (Å²) in [5.74, 6) is 0.0808. The molecule has 0 aromatic heterocycles. The Morgan fingerprint density at radius 2 is 1.88 bits per heavy atom. The van der Waals surface area contributed by atoms with Gasteiger partial charge in [0.25, 0.3) is 0 Å². The first-order valence-corrected chi connectivity index (χ1v) is 8.94. The van der Waals surface area contributed by atoms with Crippen LogP contribution in [0.1, 0.15) is 23.6 Å². The molecule has 0 amide bonds. The first-order valence-electron chi connectivity index (χ1n) is 4.95. The van der Waals surface area contributed by atoms with Crippen molar-refractivity contribution in [2.45, 2.75) is 26.0 Å². The molecule has 0 spiro atoms. The van der Waals surface area contributed by atoms with Crippen LogP contribution in [-0.2, 0) is 12.2 Å². The lowest BCUT2D eigenvalue weighted by molar-refractivity contribution is 0.564. The Kier molecular flexibility index (Phi) is 5.37. The lowest BCUT2D eigenvalue weighted by Gasteiger charge is -2.14. The van der Waals surface area contributed by atoms with Crippen molar-refractivity contribution < 1.29 is 8.78 Å². The Labute approximate surface area is 110 Å². The van der Waals surface area contributed by atoms with Crippen LogP contribution in [0, 0.1) is 22.1 Å². The number of hydrogen-bond donors (Lipinski definition) is 0. The van der Waals surface area contributed by atoms with E-state index in [1.807, 2.05) is 13.2 Å². The number of benzene rings is 1. The van der Waals surface area contributed by atoms with E-state index >= 15 is 0 Å². The van der Waals surface area contributed by atoms with Crippen LogP contribution >= 0.6 is 32.5 Å². The molecule has 0 N–H and O–H groups in total. The molecule has 0 aliphatic rings. The monoisotopic (exact) mass is 356 g/mol. The molecule has 1 aromatic carbocycles. The van der Waals surface area contributed by atoms with Crippen LogP contribution < -0.4 is 0 Å². The minimum atomic E-state index is -0.677. The van der Waals surface area contributed by atoms with Gasteiger partial charge in [0.1, 0.15) is 11.6 Å². The fraction of sp³-hybridized carbons (Fsp3) is 0.417. The number of thioether (sulfide) groups is 1. The van der Waals surface area contributed by atoms with Crippen molar-refractivity contribution in [3.63, 3.8) is 0 Å². The SMILES string of the molecule is C=Ic1c(F)c(CC)c(C)c(F)c1CSC. The molecular formula is C12H15F2IS. The molecule has 0 heterocycles. The van der Waals surface area contributed by atoms with Crippen molar-refractivity contribution in [2.24, 2.45) is 0 Å². The van der Waals surface area contributed by atoms with E-state index in [4.69, 9.17) is 0 Å². The van der Waals surface area contributed by atoms with Gasteiger partial charge in [-0.05, 0) is 30.7 Å². The zero-order valence-electron chi connectivity index (χ0n) is 9.66. The third-order valence-corrected chi connectivity index (χ3v) is 5.01. The summed E-state index contributed by atoms with van der Waals surface area (Å²) in [6, 6.07) is 0. The highest BCUT2D eigenvalue weighted by atomic mass is 127. The van der Waals surface area contributed by atoms with Gasteiger partial charge in [-0.15, -0.1) is 0 Å². The van der Waals surface area contributed by atoms with Gasteiger partial charge in [-0.25, -0.2) is 8.78 Å². The van der Waals surface area contributed by atoms with Gasteiger partial charge in [-0.3, -0.25) is 0 Å². The molecule has 0 saturated carbocycles. The first-order chi connectivity index (χ1) is 7.58. The Balaban J connectivity index is 3.56. The topological polar surface area (TPSA) is 0 Å². The van der Waals surface area contributed by atoms with E-state index in [1.54, 1.807) is 6.92 Å². The van der Waals surface area contributed by atoms with Crippen molar-refractivity contribution in [1.82, 2.24) is 0 Å². The predicted octanol–water partition coefficient (Wildman–Crippen LogP) is 4.27. The van der Waals surface area contributed by atoms with Gasteiger partial charge >= 0.3 is 0 Å². The molecule has 1 aromatic rings. The van der Waals surface area contributed by atoms with Gasteiger partial charge in [-0.2, -0.15) is 11.8 Å². The molecule has 4 heteroatoms.